The van der Waals surface area contributed by atoms with Gasteiger partial charge in [0.1, 0.15) is 6.04 Å². The predicted molar refractivity (Wildman–Crippen MR) is 115 cm³/mol. The van der Waals surface area contributed by atoms with Crippen LogP contribution in [0.5, 0.6) is 0 Å². The van der Waals surface area contributed by atoms with E-state index < -0.39 is 11.9 Å². The summed E-state index contributed by atoms with van der Waals surface area (Å²) in [4.78, 5) is 34.0. The smallest absolute Gasteiger partial charge is 0.269 e. The fourth-order valence-corrected chi connectivity index (χ4v) is 3.35. The minimum absolute atomic E-state index is 0.144. The molecule has 1 atom stereocenters. The van der Waals surface area contributed by atoms with Crippen LogP contribution >= 0.6 is 0 Å². The van der Waals surface area contributed by atoms with E-state index in [-0.39, 0.29) is 16.5 Å². The maximum atomic E-state index is 12.0. The van der Waals surface area contributed by atoms with E-state index in [1.165, 1.54) is 6.07 Å². The third-order valence-corrected chi connectivity index (χ3v) is 5.10. The molecule has 0 aliphatic rings. The number of hydrogen-bond donors (Lipinski definition) is 3. The predicted octanol–water partition coefficient (Wildman–Crippen LogP) is 4.44. The van der Waals surface area contributed by atoms with Crippen LogP contribution in [0.1, 0.15) is 83.1 Å². The third-order valence-electron chi connectivity index (χ3n) is 5.10. The molecule has 0 fully saturated rings. The molecule has 2 amide bonds. The zero-order chi connectivity index (χ0) is 22.2. The Hall–Kier alpha value is -2.48. The molecule has 3 N–H and O–H groups in total. The van der Waals surface area contributed by atoms with Crippen LogP contribution in [-0.2, 0) is 16.0 Å². The molecule has 8 nitrogen and oxygen atoms in total. The number of hydroxylamine groups is 1. The number of nitro benzene ring substituents is 1. The summed E-state index contributed by atoms with van der Waals surface area (Å²) in [6, 6.07) is 6.13. The summed E-state index contributed by atoms with van der Waals surface area (Å²) in [6.07, 6.45) is 10.6. The molecule has 0 saturated carbocycles. The number of rotatable bonds is 16. The first kappa shape index (κ1) is 25.6. The van der Waals surface area contributed by atoms with Crippen LogP contribution in [0.4, 0.5) is 5.69 Å². The molecule has 168 valence electrons. The van der Waals surface area contributed by atoms with Gasteiger partial charge in [0.15, 0.2) is 0 Å². The monoisotopic (exact) mass is 421 g/mol. The summed E-state index contributed by atoms with van der Waals surface area (Å²) in [7, 11) is 0. The van der Waals surface area contributed by atoms with Crippen molar-refractivity contribution in [2.75, 3.05) is 0 Å². The molecule has 0 heterocycles. The van der Waals surface area contributed by atoms with Crippen molar-refractivity contribution in [3.05, 3.63) is 39.9 Å². The van der Waals surface area contributed by atoms with E-state index in [1.54, 1.807) is 17.6 Å². The van der Waals surface area contributed by atoms with Gasteiger partial charge >= 0.3 is 0 Å². The van der Waals surface area contributed by atoms with E-state index >= 15 is 0 Å². The van der Waals surface area contributed by atoms with E-state index in [0.29, 0.717) is 12.8 Å². The topological polar surface area (TPSA) is 122 Å². The summed E-state index contributed by atoms with van der Waals surface area (Å²) >= 11 is 0. The SMILES string of the molecule is CCCCC(NC(=O)CCCCCCCCCc1cccc([N+](=O)[O-])c1)C(=O)NO. The number of carbonyl (C=O) groups excluding carboxylic acids is 2. The van der Waals surface area contributed by atoms with Gasteiger partial charge < -0.3 is 5.32 Å². The van der Waals surface area contributed by atoms with E-state index in [2.05, 4.69) is 5.32 Å². The van der Waals surface area contributed by atoms with Crippen molar-refractivity contribution in [2.24, 2.45) is 0 Å². The van der Waals surface area contributed by atoms with Gasteiger partial charge in [-0.25, -0.2) is 5.48 Å². The maximum absolute atomic E-state index is 12.0. The van der Waals surface area contributed by atoms with Crippen molar-refractivity contribution in [1.82, 2.24) is 10.8 Å². The highest BCUT2D eigenvalue weighted by molar-refractivity contribution is 5.86. The van der Waals surface area contributed by atoms with Gasteiger partial charge in [0.05, 0.1) is 4.92 Å². The van der Waals surface area contributed by atoms with Crippen molar-refractivity contribution < 1.29 is 19.7 Å². The van der Waals surface area contributed by atoms with Crippen LogP contribution in [0.15, 0.2) is 24.3 Å². The molecule has 0 aromatic heterocycles. The van der Waals surface area contributed by atoms with Crippen LogP contribution < -0.4 is 10.8 Å². The van der Waals surface area contributed by atoms with Crippen molar-refractivity contribution in [1.29, 1.82) is 0 Å². The highest BCUT2D eigenvalue weighted by atomic mass is 16.6. The number of aryl methyl sites for hydroxylation is 1. The number of carbonyl (C=O) groups is 2. The molecule has 1 unspecified atom stereocenters. The molecule has 1 aromatic carbocycles. The molecule has 8 heteroatoms. The van der Waals surface area contributed by atoms with Crippen molar-refractivity contribution in [3.8, 4) is 0 Å². The molecule has 0 bridgehead atoms. The molecular weight excluding hydrogens is 386 g/mol. The lowest BCUT2D eigenvalue weighted by Crippen LogP contribution is -2.45. The molecule has 1 aromatic rings. The first-order valence-electron chi connectivity index (χ1n) is 10.9. The Labute approximate surface area is 178 Å². The lowest BCUT2D eigenvalue weighted by Gasteiger charge is -2.16. The van der Waals surface area contributed by atoms with Gasteiger partial charge in [-0.15, -0.1) is 0 Å². The van der Waals surface area contributed by atoms with E-state index in [9.17, 15) is 19.7 Å². The number of benzene rings is 1. The summed E-state index contributed by atoms with van der Waals surface area (Å²) in [5.74, 6) is -0.724. The van der Waals surface area contributed by atoms with Gasteiger partial charge in [-0.3, -0.25) is 24.9 Å². The third kappa shape index (κ3) is 10.9. The van der Waals surface area contributed by atoms with Gasteiger partial charge in [-0.2, -0.15) is 0 Å². The normalized spacial score (nSPS) is 11.7. The first-order chi connectivity index (χ1) is 14.5. The number of amides is 2. The number of hydrogen-bond acceptors (Lipinski definition) is 5. The van der Waals surface area contributed by atoms with Gasteiger partial charge in [-0.1, -0.05) is 64.0 Å². The largest absolute Gasteiger partial charge is 0.344 e. The maximum Gasteiger partial charge on any atom is 0.269 e. The number of nitro groups is 1. The number of nitrogens with one attached hydrogen (secondary N) is 2. The lowest BCUT2D eigenvalue weighted by molar-refractivity contribution is -0.384. The summed E-state index contributed by atoms with van der Waals surface area (Å²) < 4.78 is 0. The highest BCUT2D eigenvalue weighted by Gasteiger charge is 2.19. The van der Waals surface area contributed by atoms with Crippen molar-refractivity contribution in [2.45, 2.75) is 90.0 Å². The standard InChI is InChI=1S/C22H35N3O5/c1-2-3-15-20(22(27)24-28)23-21(26)16-10-8-6-4-5-7-9-12-18-13-11-14-19(17-18)25(29)30/h11,13-14,17,20,28H,2-10,12,15-16H2,1H3,(H,23,26)(H,24,27). The fourth-order valence-electron chi connectivity index (χ4n) is 3.35. The van der Waals surface area contributed by atoms with E-state index in [4.69, 9.17) is 5.21 Å². The fraction of sp³-hybridized carbons (Fsp3) is 0.636. The molecule has 1 rings (SSSR count). The minimum atomic E-state index is -0.673. The molecule has 0 aliphatic heterocycles. The second kappa shape index (κ2) is 15.4. The number of non-ortho nitro benzene ring substituents is 1. The molecule has 0 aliphatic carbocycles. The van der Waals surface area contributed by atoms with Crippen LogP contribution in [0, 0.1) is 10.1 Å². The molecule has 0 radical (unpaired) electrons. The van der Waals surface area contributed by atoms with E-state index in [0.717, 1.165) is 69.8 Å². The summed E-state index contributed by atoms with van der Waals surface area (Å²) in [5.41, 5.74) is 2.76. The zero-order valence-corrected chi connectivity index (χ0v) is 17.9. The molecule has 30 heavy (non-hydrogen) atoms. The van der Waals surface area contributed by atoms with Gasteiger partial charge in [0, 0.05) is 18.6 Å². The molecule has 0 saturated heterocycles. The van der Waals surface area contributed by atoms with Crippen molar-refractivity contribution >= 4 is 17.5 Å². The Balaban J connectivity index is 2.08. The Kier molecular flexibility index (Phi) is 13.1. The average molecular weight is 422 g/mol. The second-order valence-corrected chi connectivity index (χ2v) is 7.64. The Bertz CT molecular complexity index is 666. The lowest BCUT2D eigenvalue weighted by atomic mass is 10.0. The number of nitrogens with zero attached hydrogens (tertiary/aromatic N) is 1. The van der Waals surface area contributed by atoms with Gasteiger partial charge in [-0.05, 0) is 31.2 Å². The Morgan fingerprint density at radius 2 is 1.73 bits per heavy atom. The zero-order valence-electron chi connectivity index (χ0n) is 17.9. The van der Waals surface area contributed by atoms with Crippen LogP contribution in [0.3, 0.4) is 0 Å². The second-order valence-electron chi connectivity index (χ2n) is 7.64. The first-order valence-corrected chi connectivity index (χ1v) is 10.9. The summed E-state index contributed by atoms with van der Waals surface area (Å²) in [5, 5.41) is 22.3. The average Bonchev–Trinajstić information content (AvgIpc) is 2.75. The Morgan fingerprint density at radius 1 is 1.07 bits per heavy atom. The van der Waals surface area contributed by atoms with Crippen LogP contribution in [0.25, 0.3) is 0 Å². The number of unbranched alkanes of at least 4 members (excludes halogenated alkanes) is 7. The van der Waals surface area contributed by atoms with E-state index in [1.807, 2.05) is 13.0 Å². The van der Waals surface area contributed by atoms with Crippen LogP contribution in [0.2, 0.25) is 0 Å². The molecular formula is C22H35N3O5. The van der Waals surface area contributed by atoms with Gasteiger partial charge in [0.2, 0.25) is 5.91 Å². The minimum Gasteiger partial charge on any atom is -0.344 e. The highest BCUT2D eigenvalue weighted by Crippen LogP contribution is 2.16. The van der Waals surface area contributed by atoms with Crippen LogP contribution in [-0.4, -0.2) is 28.0 Å². The van der Waals surface area contributed by atoms with Crippen molar-refractivity contribution in [3.63, 3.8) is 0 Å². The summed E-state index contributed by atoms with van der Waals surface area (Å²) in [6.45, 7) is 2.00. The molecule has 0 spiro atoms. The Morgan fingerprint density at radius 3 is 2.37 bits per heavy atom. The quantitative estimate of drug-likeness (QED) is 0.158. The van der Waals surface area contributed by atoms with Gasteiger partial charge in [0.25, 0.3) is 11.6 Å².